The van der Waals surface area contributed by atoms with Crippen LogP contribution in [0.1, 0.15) is 122 Å². The molecule has 0 spiro atoms. The van der Waals surface area contributed by atoms with Crippen LogP contribution in [-0.4, -0.2) is 5.60 Å². The molecule has 0 aliphatic rings. The fraction of sp³-hybridized carbons (Fsp3) is 0.455. The molecule has 0 N–H and O–H groups in total. The summed E-state index contributed by atoms with van der Waals surface area (Å²) in [6.07, 6.45) is 0. The summed E-state index contributed by atoms with van der Waals surface area (Å²) in [6, 6.07) is 21.3. The molecule has 0 bridgehead atoms. The Morgan fingerprint density at radius 1 is 0.451 bits per heavy atom. The van der Waals surface area contributed by atoms with Crippen molar-refractivity contribution in [3.8, 4) is 39.9 Å². The molecule has 0 aromatic heterocycles. The summed E-state index contributed by atoms with van der Waals surface area (Å²) in [5, 5.41) is 0. The molecule has 0 aliphatic heterocycles. The molecule has 2 unspecified atom stereocenters. The van der Waals surface area contributed by atoms with E-state index in [-0.39, 0.29) is 34.3 Å². The van der Waals surface area contributed by atoms with Gasteiger partial charge in [0.15, 0.2) is 0 Å². The van der Waals surface area contributed by atoms with Crippen molar-refractivity contribution >= 4 is 18.1 Å². The van der Waals surface area contributed by atoms with E-state index in [1.165, 1.54) is 5.56 Å². The molecular weight excluding hydrogens is 670 g/mol. The predicted octanol–water partition coefficient (Wildman–Crippen LogP) is 13.6. The molecule has 51 heavy (non-hydrogen) atoms. The zero-order valence-corrected chi connectivity index (χ0v) is 35.8. The summed E-state index contributed by atoms with van der Waals surface area (Å²) >= 11 is 0. The van der Waals surface area contributed by atoms with E-state index in [1.807, 2.05) is 0 Å². The van der Waals surface area contributed by atoms with Crippen LogP contribution in [0.3, 0.4) is 0 Å². The summed E-state index contributed by atoms with van der Waals surface area (Å²) < 4.78 is 32.9. The van der Waals surface area contributed by atoms with Gasteiger partial charge in [0, 0.05) is 22.3 Å². The average Bonchev–Trinajstić information content (AvgIpc) is 2.98. The molecule has 4 aromatic rings. The fourth-order valence-electron chi connectivity index (χ4n) is 5.66. The van der Waals surface area contributed by atoms with Gasteiger partial charge < -0.3 is 22.8 Å². The molecule has 0 fully saturated rings. The number of rotatable bonds is 10. The Morgan fingerprint density at radius 2 is 0.882 bits per heavy atom. The van der Waals surface area contributed by atoms with Crippen LogP contribution >= 0.6 is 18.1 Å². The second kappa shape index (κ2) is 15.4. The molecule has 4 rings (SSSR count). The van der Waals surface area contributed by atoms with Gasteiger partial charge in [-0.3, -0.25) is 0 Å². The minimum atomic E-state index is -0.410. The van der Waals surface area contributed by atoms with Gasteiger partial charge in [0.2, 0.25) is 0 Å². The van der Waals surface area contributed by atoms with Crippen LogP contribution in [0.15, 0.2) is 60.7 Å². The van der Waals surface area contributed by atoms with E-state index < -0.39 is 5.60 Å². The van der Waals surface area contributed by atoms with Gasteiger partial charge in [-0.1, -0.05) is 92.6 Å². The van der Waals surface area contributed by atoms with Gasteiger partial charge in [-0.25, -0.2) is 0 Å². The van der Waals surface area contributed by atoms with E-state index in [4.69, 9.17) is 22.8 Å². The molecule has 276 valence electrons. The van der Waals surface area contributed by atoms with Gasteiger partial charge in [-0.05, 0) is 123 Å². The van der Waals surface area contributed by atoms with E-state index in [2.05, 4.69) is 171 Å². The highest BCUT2D eigenvalue weighted by Crippen LogP contribution is 2.52. The van der Waals surface area contributed by atoms with Gasteiger partial charge in [0.1, 0.15) is 34.3 Å². The third-order valence-corrected chi connectivity index (χ3v) is 9.81. The first-order chi connectivity index (χ1) is 23.4. The SMILES string of the molecule is Cc1ccc(C)c(OPOc2c(-c3cc(C(C)(C)C)cc(C(C)(C)C)c3OPOc3cc(C)ccc3C)cc(OC(C)(C)C)cc2C(C)(C)C)c1. The normalized spacial score (nSPS) is 12.9. The fourth-order valence-corrected chi connectivity index (χ4v) is 6.97. The molecule has 0 saturated carbocycles. The maximum Gasteiger partial charge on any atom is 0.275 e. The van der Waals surface area contributed by atoms with Crippen LogP contribution in [-0.2, 0) is 16.2 Å². The van der Waals surface area contributed by atoms with Crippen molar-refractivity contribution in [1.82, 2.24) is 0 Å². The third-order valence-electron chi connectivity index (χ3n) is 8.63. The van der Waals surface area contributed by atoms with Gasteiger partial charge in [-0.2, -0.15) is 0 Å². The molecule has 7 heteroatoms. The topological polar surface area (TPSA) is 46.2 Å². The number of benzene rings is 4. The van der Waals surface area contributed by atoms with Crippen molar-refractivity contribution in [2.45, 2.75) is 133 Å². The van der Waals surface area contributed by atoms with Crippen LogP contribution in [0, 0.1) is 27.7 Å². The Bertz CT molecular complexity index is 1850. The summed E-state index contributed by atoms with van der Waals surface area (Å²) in [5.41, 5.74) is 8.49. The molecule has 2 atom stereocenters. The Balaban J connectivity index is 2.00. The minimum absolute atomic E-state index is 0.133. The zero-order chi connectivity index (χ0) is 38.1. The maximum absolute atomic E-state index is 6.82. The van der Waals surface area contributed by atoms with Gasteiger partial charge >= 0.3 is 0 Å². The summed E-state index contributed by atoms with van der Waals surface area (Å²) in [7, 11) is -0.537. The van der Waals surface area contributed by atoms with Gasteiger partial charge in [0.25, 0.3) is 18.1 Å². The first-order valence-electron chi connectivity index (χ1n) is 17.8. The first kappa shape index (κ1) is 40.5. The van der Waals surface area contributed by atoms with Crippen molar-refractivity contribution in [3.63, 3.8) is 0 Å². The lowest BCUT2D eigenvalue weighted by atomic mass is 9.77. The quantitative estimate of drug-likeness (QED) is 0.152. The van der Waals surface area contributed by atoms with Crippen molar-refractivity contribution in [2.24, 2.45) is 0 Å². The van der Waals surface area contributed by atoms with Crippen LogP contribution in [0.5, 0.6) is 28.7 Å². The van der Waals surface area contributed by atoms with Gasteiger partial charge in [-0.15, -0.1) is 0 Å². The largest absolute Gasteiger partial charge is 0.488 e. The highest BCUT2D eigenvalue weighted by Gasteiger charge is 2.32. The Morgan fingerprint density at radius 3 is 1.29 bits per heavy atom. The van der Waals surface area contributed by atoms with Crippen LogP contribution in [0.4, 0.5) is 0 Å². The molecule has 0 radical (unpaired) electrons. The van der Waals surface area contributed by atoms with E-state index >= 15 is 0 Å². The van der Waals surface area contributed by atoms with Gasteiger partial charge in [0.05, 0.1) is 0 Å². The molecule has 5 nitrogen and oxygen atoms in total. The van der Waals surface area contributed by atoms with E-state index in [9.17, 15) is 0 Å². The predicted molar refractivity (Wildman–Crippen MR) is 219 cm³/mol. The lowest BCUT2D eigenvalue weighted by molar-refractivity contribution is 0.130. The van der Waals surface area contributed by atoms with E-state index in [1.54, 1.807) is 0 Å². The Hall–Kier alpha value is -3.26. The Kier molecular flexibility index (Phi) is 12.2. The molecule has 0 aliphatic carbocycles. The van der Waals surface area contributed by atoms with Crippen molar-refractivity contribution in [3.05, 3.63) is 99.6 Å². The number of hydrogen-bond acceptors (Lipinski definition) is 5. The van der Waals surface area contributed by atoms with Crippen molar-refractivity contribution in [1.29, 1.82) is 0 Å². The molecule has 0 saturated heterocycles. The second-order valence-corrected chi connectivity index (χ2v) is 19.0. The lowest BCUT2D eigenvalue weighted by Crippen LogP contribution is -2.23. The number of aryl methyl sites for hydroxylation is 4. The van der Waals surface area contributed by atoms with Crippen molar-refractivity contribution in [2.75, 3.05) is 0 Å². The van der Waals surface area contributed by atoms with E-state index in [0.29, 0.717) is 0 Å². The molecule has 0 heterocycles. The van der Waals surface area contributed by atoms with Crippen molar-refractivity contribution < 1.29 is 22.8 Å². The highest BCUT2D eigenvalue weighted by molar-refractivity contribution is 7.27. The third kappa shape index (κ3) is 10.6. The molecule has 0 amide bonds. The molecular formula is C44H60O5P2. The summed E-state index contributed by atoms with van der Waals surface area (Å²) in [6.45, 7) is 34.6. The standard InChI is InChI=1S/C44H60O5P2/c1-27-17-19-29(3)37(21-27)46-50-48-39-33(23-31(41(5,6)7)24-35(39)42(8,9)10)34-25-32(45-44(14,15)16)26-36(43(11,12)13)40(34)49-51-47-38-22-28(2)18-20-30(38)4/h17-26,50-51H,1-16H3. The first-order valence-corrected chi connectivity index (χ1v) is 19.5. The minimum Gasteiger partial charge on any atom is -0.488 e. The highest BCUT2D eigenvalue weighted by atomic mass is 31.1. The second-order valence-electron chi connectivity index (χ2n) is 17.8. The summed E-state index contributed by atoms with van der Waals surface area (Å²) in [5.74, 6) is 3.94. The zero-order valence-electron chi connectivity index (χ0n) is 33.8. The van der Waals surface area contributed by atoms with Crippen LogP contribution in [0.25, 0.3) is 11.1 Å². The van der Waals surface area contributed by atoms with E-state index in [0.717, 1.165) is 73.3 Å². The monoisotopic (exact) mass is 730 g/mol. The lowest BCUT2D eigenvalue weighted by Gasteiger charge is -2.31. The van der Waals surface area contributed by atoms with Crippen LogP contribution in [0.2, 0.25) is 0 Å². The molecule has 4 aromatic carbocycles. The number of ether oxygens (including phenoxy) is 1. The average molecular weight is 731 g/mol. The summed E-state index contributed by atoms with van der Waals surface area (Å²) in [4.78, 5) is 0. The Labute approximate surface area is 312 Å². The maximum atomic E-state index is 6.82. The smallest absolute Gasteiger partial charge is 0.275 e. The number of hydrogen-bond donors (Lipinski definition) is 0. The van der Waals surface area contributed by atoms with Crippen LogP contribution < -0.4 is 22.8 Å².